The number of amides is 1. The van der Waals surface area contributed by atoms with Crippen molar-refractivity contribution in [3.63, 3.8) is 0 Å². The third-order valence-corrected chi connectivity index (χ3v) is 4.43. The molecule has 0 N–H and O–H groups in total. The van der Waals surface area contributed by atoms with E-state index in [9.17, 15) is 4.79 Å². The molecule has 4 heteroatoms. The summed E-state index contributed by atoms with van der Waals surface area (Å²) in [4.78, 5) is 16.2. The van der Waals surface area contributed by atoms with Crippen molar-refractivity contribution in [3.05, 3.63) is 0 Å². The lowest BCUT2D eigenvalue weighted by molar-refractivity contribution is -0.128. The van der Waals surface area contributed by atoms with Crippen molar-refractivity contribution in [1.82, 2.24) is 9.80 Å². The minimum absolute atomic E-state index is 0.0754. The van der Waals surface area contributed by atoms with Crippen LogP contribution in [0.5, 0.6) is 0 Å². The van der Waals surface area contributed by atoms with Gasteiger partial charge in [-0.2, -0.15) is 0 Å². The highest BCUT2D eigenvalue weighted by Gasteiger charge is 2.32. The average molecular weight is 275 g/mol. The van der Waals surface area contributed by atoms with E-state index in [0.717, 1.165) is 19.5 Å². The molecule has 2 unspecified atom stereocenters. The van der Waals surface area contributed by atoms with Crippen LogP contribution in [0.3, 0.4) is 0 Å². The highest BCUT2D eigenvalue weighted by atomic mass is 79.9. The number of carbonyl (C=O) groups excluding carboxylic acids is 1. The van der Waals surface area contributed by atoms with E-state index in [1.54, 1.807) is 0 Å². The minimum Gasteiger partial charge on any atom is -0.340 e. The molecule has 0 aromatic heterocycles. The number of hydrogen-bond acceptors (Lipinski definition) is 2. The van der Waals surface area contributed by atoms with E-state index in [4.69, 9.17) is 0 Å². The average Bonchev–Trinajstić information content (AvgIpc) is 2.53. The van der Waals surface area contributed by atoms with Gasteiger partial charge in [0.2, 0.25) is 5.91 Å². The highest BCUT2D eigenvalue weighted by molar-refractivity contribution is 9.10. The van der Waals surface area contributed by atoms with E-state index < -0.39 is 0 Å². The van der Waals surface area contributed by atoms with Crippen molar-refractivity contribution in [3.8, 4) is 0 Å². The molecule has 2 fully saturated rings. The Balaban J connectivity index is 1.88. The van der Waals surface area contributed by atoms with Crippen LogP contribution in [0.1, 0.15) is 25.7 Å². The van der Waals surface area contributed by atoms with Gasteiger partial charge in [-0.05, 0) is 32.9 Å². The molecule has 1 amide bonds. The van der Waals surface area contributed by atoms with Crippen LogP contribution in [-0.4, -0.2) is 53.3 Å². The van der Waals surface area contributed by atoms with Crippen LogP contribution in [-0.2, 0) is 4.79 Å². The molecule has 2 saturated heterocycles. The Morgan fingerprint density at radius 1 is 1.33 bits per heavy atom. The smallest absolute Gasteiger partial charge is 0.236 e. The molecule has 0 spiro atoms. The molecule has 0 radical (unpaired) electrons. The summed E-state index contributed by atoms with van der Waals surface area (Å²) >= 11 is 3.42. The lowest BCUT2D eigenvalue weighted by Gasteiger charge is -2.35. The van der Waals surface area contributed by atoms with E-state index >= 15 is 0 Å². The number of alkyl halides is 1. The summed E-state index contributed by atoms with van der Waals surface area (Å²) in [5.41, 5.74) is 0. The fraction of sp³-hybridized carbons (Fsp3) is 0.909. The summed E-state index contributed by atoms with van der Waals surface area (Å²) in [6, 6.07) is 0.584. The predicted molar refractivity (Wildman–Crippen MR) is 64.2 cm³/mol. The van der Waals surface area contributed by atoms with E-state index in [1.807, 2.05) is 4.90 Å². The van der Waals surface area contributed by atoms with Crippen molar-refractivity contribution in [1.29, 1.82) is 0 Å². The van der Waals surface area contributed by atoms with Crippen molar-refractivity contribution in [2.75, 3.05) is 26.7 Å². The molecule has 2 heterocycles. The number of carbonyl (C=O) groups is 1. The second kappa shape index (κ2) is 4.83. The molecule has 0 aromatic carbocycles. The number of piperidine rings is 1. The van der Waals surface area contributed by atoms with E-state index in [0.29, 0.717) is 6.04 Å². The first-order chi connectivity index (χ1) is 7.18. The molecule has 2 aliphatic rings. The molecule has 0 bridgehead atoms. The molecule has 0 aliphatic carbocycles. The van der Waals surface area contributed by atoms with Gasteiger partial charge in [-0.15, -0.1) is 0 Å². The largest absolute Gasteiger partial charge is 0.340 e. The summed E-state index contributed by atoms with van der Waals surface area (Å²) < 4.78 is 0. The predicted octanol–water partition coefficient (Wildman–Crippen LogP) is 1.47. The second-order valence-corrected chi connectivity index (χ2v) is 5.78. The standard InChI is InChI=1S/C11H19BrN2O/c1-13-6-3-2-4-9(13)8-14-7-5-10(12)11(14)15/h9-10H,2-8H2,1H3. The van der Waals surface area contributed by atoms with Gasteiger partial charge in [0.05, 0.1) is 4.83 Å². The Hall–Kier alpha value is -0.0900. The quantitative estimate of drug-likeness (QED) is 0.712. The molecule has 0 saturated carbocycles. The summed E-state index contributed by atoms with van der Waals surface area (Å²) in [5.74, 6) is 0.286. The number of hydrogen-bond donors (Lipinski definition) is 0. The van der Waals surface area contributed by atoms with Crippen LogP contribution in [0.4, 0.5) is 0 Å². The van der Waals surface area contributed by atoms with Gasteiger partial charge in [0, 0.05) is 19.1 Å². The molecule has 2 atom stereocenters. The minimum atomic E-state index is 0.0754. The van der Waals surface area contributed by atoms with Gasteiger partial charge in [-0.3, -0.25) is 4.79 Å². The van der Waals surface area contributed by atoms with Gasteiger partial charge in [0.1, 0.15) is 0 Å². The van der Waals surface area contributed by atoms with E-state index in [-0.39, 0.29) is 10.7 Å². The Kier molecular flexibility index (Phi) is 3.67. The normalized spacial score (nSPS) is 33.7. The van der Waals surface area contributed by atoms with Crippen LogP contribution in [0.15, 0.2) is 0 Å². The Morgan fingerprint density at radius 3 is 2.73 bits per heavy atom. The number of nitrogens with zero attached hydrogens (tertiary/aromatic N) is 2. The number of likely N-dealkylation sites (tertiary alicyclic amines) is 2. The summed E-state index contributed by atoms with van der Waals surface area (Å²) in [5, 5.41) is 0. The van der Waals surface area contributed by atoms with Crippen molar-refractivity contribution < 1.29 is 4.79 Å². The first-order valence-electron chi connectivity index (χ1n) is 5.81. The van der Waals surface area contributed by atoms with Crippen molar-refractivity contribution >= 4 is 21.8 Å². The highest BCUT2D eigenvalue weighted by Crippen LogP contribution is 2.22. The first-order valence-corrected chi connectivity index (χ1v) is 6.73. The number of likely N-dealkylation sites (N-methyl/N-ethyl adjacent to an activating group) is 1. The summed E-state index contributed by atoms with van der Waals surface area (Å²) in [7, 11) is 2.18. The molecular formula is C11H19BrN2O. The lowest BCUT2D eigenvalue weighted by atomic mass is 10.0. The third kappa shape index (κ3) is 2.53. The number of rotatable bonds is 2. The maximum Gasteiger partial charge on any atom is 0.236 e. The fourth-order valence-electron chi connectivity index (χ4n) is 2.51. The Bertz CT molecular complexity index is 247. The van der Waals surface area contributed by atoms with E-state index in [2.05, 4.69) is 27.9 Å². The van der Waals surface area contributed by atoms with Gasteiger partial charge in [0.15, 0.2) is 0 Å². The van der Waals surface area contributed by atoms with Crippen LogP contribution < -0.4 is 0 Å². The Labute approximate surface area is 99.9 Å². The van der Waals surface area contributed by atoms with Gasteiger partial charge in [0.25, 0.3) is 0 Å². The summed E-state index contributed by atoms with van der Waals surface area (Å²) in [6.45, 7) is 3.04. The molecule has 86 valence electrons. The summed E-state index contributed by atoms with van der Waals surface area (Å²) in [6.07, 6.45) is 4.83. The van der Waals surface area contributed by atoms with Gasteiger partial charge in [-0.1, -0.05) is 22.4 Å². The zero-order valence-corrected chi connectivity index (χ0v) is 10.9. The third-order valence-electron chi connectivity index (χ3n) is 3.58. The second-order valence-electron chi connectivity index (χ2n) is 4.67. The van der Waals surface area contributed by atoms with Gasteiger partial charge < -0.3 is 9.80 Å². The van der Waals surface area contributed by atoms with Crippen molar-refractivity contribution in [2.24, 2.45) is 0 Å². The SMILES string of the molecule is CN1CCCCC1CN1CCC(Br)C1=O. The van der Waals surface area contributed by atoms with Crippen LogP contribution >= 0.6 is 15.9 Å². The molecule has 0 aromatic rings. The zero-order chi connectivity index (χ0) is 10.8. The molecule has 3 nitrogen and oxygen atoms in total. The molecular weight excluding hydrogens is 256 g/mol. The molecule has 2 rings (SSSR count). The fourth-order valence-corrected chi connectivity index (χ4v) is 3.01. The molecule has 2 aliphatic heterocycles. The van der Waals surface area contributed by atoms with Crippen LogP contribution in [0.25, 0.3) is 0 Å². The zero-order valence-electron chi connectivity index (χ0n) is 9.29. The van der Waals surface area contributed by atoms with Crippen molar-refractivity contribution in [2.45, 2.75) is 36.6 Å². The van der Waals surface area contributed by atoms with Gasteiger partial charge in [-0.25, -0.2) is 0 Å². The first kappa shape index (κ1) is 11.4. The van der Waals surface area contributed by atoms with Gasteiger partial charge >= 0.3 is 0 Å². The van der Waals surface area contributed by atoms with E-state index in [1.165, 1.54) is 25.8 Å². The number of halogens is 1. The van der Waals surface area contributed by atoms with Crippen LogP contribution in [0.2, 0.25) is 0 Å². The monoisotopic (exact) mass is 274 g/mol. The maximum absolute atomic E-state index is 11.7. The van der Waals surface area contributed by atoms with Crippen LogP contribution in [0, 0.1) is 0 Å². The topological polar surface area (TPSA) is 23.6 Å². The lowest BCUT2D eigenvalue weighted by Crippen LogP contribution is -2.45. The Morgan fingerprint density at radius 2 is 2.13 bits per heavy atom. The maximum atomic E-state index is 11.7. The molecule has 15 heavy (non-hydrogen) atoms.